The molecule has 4 rings (SSSR count). The van der Waals surface area contributed by atoms with Gasteiger partial charge in [0, 0.05) is 20.9 Å². The highest BCUT2D eigenvalue weighted by atomic mass is 32.2. The first-order valence-corrected chi connectivity index (χ1v) is 10.7. The largest absolute Gasteiger partial charge is 0.673 e. The molecular formula is C24H19BF4S2. The molecule has 0 spiro atoms. The van der Waals surface area contributed by atoms with E-state index in [1.54, 1.807) is 11.8 Å². The summed E-state index contributed by atoms with van der Waals surface area (Å²) in [5, 5.41) is 0. The molecule has 0 atom stereocenters. The lowest BCUT2D eigenvalue weighted by Gasteiger charge is -2.15. The number of benzene rings is 4. The molecule has 0 radical (unpaired) electrons. The van der Waals surface area contributed by atoms with E-state index in [2.05, 4.69) is 116 Å². The molecule has 0 heterocycles. The Morgan fingerprint density at radius 1 is 0.548 bits per heavy atom. The predicted octanol–water partition coefficient (Wildman–Crippen LogP) is 7.84. The van der Waals surface area contributed by atoms with Crippen molar-refractivity contribution in [2.24, 2.45) is 0 Å². The predicted molar refractivity (Wildman–Crippen MR) is 126 cm³/mol. The fourth-order valence-corrected chi connectivity index (χ4v) is 4.44. The van der Waals surface area contributed by atoms with Crippen molar-refractivity contribution in [2.45, 2.75) is 14.7 Å². The van der Waals surface area contributed by atoms with Gasteiger partial charge in [-0.2, -0.15) is 0 Å². The fraction of sp³-hybridized carbons (Fsp3) is 0. The number of halogens is 4. The third kappa shape index (κ3) is 6.94. The topological polar surface area (TPSA) is 0 Å². The Kier molecular flexibility index (Phi) is 7.88. The molecule has 0 nitrogen and oxygen atoms in total. The minimum atomic E-state index is -6.00. The van der Waals surface area contributed by atoms with Crippen LogP contribution in [0.4, 0.5) is 17.3 Å². The number of hydrogen-bond donors (Lipinski definition) is 0. The van der Waals surface area contributed by atoms with Gasteiger partial charge in [-0.3, -0.25) is 0 Å². The van der Waals surface area contributed by atoms with Gasteiger partial charge in [0.2, 0.25) is 0 Å². The smallest absolute Gasteiger partial charge is 0.418 e. The molecule has 0 amide bonds. The third-order valence-electron chi connectivity index (χ3n) is 4.26. The van der Waals surface area contributed by atoms with Gasteiger partial charge in [-0.15, -0.1) is 0 Å². The van der Waals surface area contributed by atoms with Crippen LogP contribution in [0.3, 0.4) is 0 Å². The van der Waals surface area contributed by atoms with Crippen LogP contribution in [0.2, 0.25) is 0 Å². The van der Waals surface area contributed by atoms with Crippen LogP contribution in [0.15, 0.2) is 118 Å². The Bertz CT molecular complexity index is 1100. The summed E-state index contributed by atoms with van der Waals surface area (Å²) in [5.74, 6) is 0. The van der Waals surface area contributed by atoms with Gasteiger partial charge in [0.15, 0.2) is 4.90 Å². The lowest BCUT2D eigenvalue weighted by molar-refractivity contribution is 0.368. The van der Waals surface area contributed by atoms with Crippen LogP contribution in [-0.2, 0) is 12.6 Å². The van der Waals surface area contributed by atoms with Crippen molar-refractivity contribution in [3.05, 3.63) is 103 Å². The second-order valence-corrected chi connectivity index (χ2v) is 8.16. The molecule has 0 fully saturated rings. The molecule has 0 bridgehead atoms. The van der Waals surface area contributed by atoms with E-state index in [1.165, 1.54) is 32.0 Å². The highest BCUT2D eigenvalue weighted by molar-refractivity contribution is 7.99. The summed E-state index contributed by atoms with van der Waals surface area (Å²) >= 11 is 5.66. The molecular weight excluding hydrogens is 439 g/mol. The Hall–Kier alpha value is -2.64. The summed E-state index contributed by atoms with van der Waals surface area (Å²) in [6.07, 6.45) is 0. The van der Waals surface area contributed by atoms with E-state index in [4.69, 9.17) is 0 Å². The molecule has 0 N–H and O–H groups in total. The van der Waals surface area contributed by atoms with E-state index in [0.29, 0.717) is 0 Å². The molecule has 0 aliphatic carbocycles. The Labute approximate surface area is 188 Å². The van der Waals surface area contributed by atoms with Crippen molar-refractivity contribution >= 4 is 31.6 Å². The molecule has 0 aromatic heterocycles. The zero-order valence-electron chi connectivity index (χ0n) is 16.3. The van der Waals surface area contributed by atoms with Gasteiger partial charge in [0.1, 0.15) is 0 Å². The minimum absolute atomic E-state index is 1.10. The average molecular weight is 458 g/mol. The molecule has 0 unspecified atom stereocenters. The van der Waals surface area contributed by atoms with E-state index in [1.807, 2.05) is 0 Å². The molecule has 0 aliphatic rings. The Morgan fingerprint density at radius 3 is 1.45 bits per heavy atom. The molecule has 0 saturated heterocycles. The van der Waals surface area contributed by atoms with E-state index in [0.717, 1.165) is 4.90 Å². The Morgan fingerprint density at radius 2 is 0.968 bits per heavy atom. The highest BCUT2D eigenvalue weighted by Crippen LogP contribution is 2.43. The second kappa shape index (κ2) is 10.6. The van der Waals surface area contributed by atoms with Crippen LogP contribution in [0, 0.1) is 0 Å². The minimum Gasteiger partial charge on any atom is -0.418 e. The van der Waals surface area contributed by atoms with E-state index >= 15 is 0 Å². The van der Waals surface area contributed by atoms with Crippen molar-refractivity contribution in [2.75, 3.05) is 0 Å². The summed E-state index contributed by atoms with van der Waals surface area (Å²) in [6.45, 7) is 0. The van der Waals surface area contributed by atoms with Gasteiger partial charge in [0.05, 0.1) is 0 Å². The molecule has 31 heavy (non-hydrogen) atoms. The lowest BCUT2D eigenvalue weighted by Crippen LogP contribution is -2.02. The molecule has 158 valence electrons. The van der Waals surface area contributed by atoms with Crippen LogP contribution in [-0.4, -0.2) is 7.25 Å². The van der Waals surface area contributed by atoms with Crippen molar-refractivity contribution in [3.63, 3.8) is 0 Å². The highest BCUT2D eigenvalue weighted by Gasteiger charge is 2.20. The van der Waals surface area contributed by atoms with Crippen LogP contribution in [0.5, 0.6) is 0 Å². The first kappa shape index (κ1) is 23.0. The summed E-state index contributed by atoms with van der Waals surface area (Å²) in [7, 11) is -6.00. The van der Waals surface area contributed by atoms with E-state index in [9.17, 15) is 17.3 Å². The standard InChI is InChI=1S/C24H18S2.BF4/c25-21-16-17-22(26-20-14-8-3-9-15-20)24(19-12-6-2-7-13-19)23(21)18-10-4-1-5-11-18;2-1(3,4)5/h1-17,25H;/q;-1/p+1. The first-order valence-electron chi connectivity index (χ1n) is 9.42. The van der Waals surface area contributed by atoms with Crippen molar-refractivity contribution in [1.82, 2.24) is 0 Å². The molecule has 0 saturated carbocycles. The van der Waals surface area contributed by atoms with Gasteiger partial charge in [-0.05, 0) is 48.0 Å². The normalized spacial score (nSPS) is 10.9. The maximum absolute atomic E-state index is 9.75. The van der Waals surface area contributed by atoms with E-state index in [-0.39, 0.29) is 0 Å². The van der Waals surface area contributed by atoms with Crippen LogP contribution in [0.25, 0.3) is 22.3 Å². The number of rotatable bonds is 4. The van der Waals surface area contributed by atoms with Gasteiger partial charge >= 0.3 is 7.25 Å². The third-order valence-corrected chi connectivity index (χ3v) is 5.75. The quantitative estimate of drug-likeness (QED) is 0.171. The van der Waals surface area contributed by atoms with Gasteiger partial charge in [-0.25, -0.2) is 0 Å². The molecule has 7 heteroatoms. The molecule has 0 aliphatic heterocycles. The first-order chi connectivity index (χ1) is 14.8. The number of hydrogen-bond acceptors (Lipinski definition) is 1. The summed E-state index contributed by atoms with van der Waals surface area (Å²) in [4.78, 5) is 3.60. The summed E-state index contributed by atoms with van der Waals surface area (Å²) < 4.78 is 39.0. The van der Waals surface area contributed by atoms with Gasteiger partial charge in [-0.1, -0.05) is 90.6 Å². The van der Waals surface area contributed by atoms with Gasteiger partial charge in [0.25, 0.3) is 0 Å². The summed E-state index contributed by atoms with van der Waals surface area (Å²) in [5.41, 5.74) is 4.93. The summed E-state index contributed by atoms with van der Waals surface area (Å²) in [6, 6.07) is 36.1. The van der Waals surface area contributed by atoms with Crippen LogP contribution in [0.1, 0.15) is 0 Å². The monoisotopic (exact) mass is 458 g/mol. The van der Waals surface area contributed by atoms with Crippen molar-refractivity contribution < 1.29 is 17.3 Å². The zero-order valence-corrected chi connectivity index (χ0v) is 18.1. The maximum atomic E-state index is 9.75. The van der Waals surface area contributed by atoms with Crippen molar-refractivity contribution in [3.8, 4) is 22.3 Å². The SMILES string of the molecule is F[B-](F)(F)F.[SH2+]c1ccc(Sc2ccccc2)c(-c2ccccc2)c1-c1ccccc1. The average Bonchev–Trinajstić information content (AvgIpc) is 2.75. The second-order valence-electron chi connectivity index (χ2n) is 6.50. The Balaban J connectivity index is 0.000000491. The fourth-order valence-electron chi connectivity index (χ4n) is 3.08. The maximum Gasteiger partial charge on any atom is 0.673 e. The lowest BCUT2D eigenvalue weighted by atomic mass is 9.94. The molecule has 4 aromatic rings. The van der Waals surface area contributed by atoms with E-state index < -0.39 is 7.25 Å². The molecule has 4 aromatic carbocycles. The van der Waals surface area contributed by atoms with Crippen molar-refractivity contribution in [1.29, 1.82) is 0 Å². The van der Waals surface area contributed by atoms with Crippen LogP contribution < -0.4 is 0 Å². The van der Waals surface area contributed by atoms with Gasteiger partial charge < -0.3 is 17.3 Å². The van der Waals surface area contributed by atoms with Crippen LogP contribution >= 0.6 is 11.8 Å². The zero-order chi connectivity index (χ0) is 22.3.